The van der Waals surface area contributed by atoms with Crippen molar-refractivity contribution in [2.75, 3.05) is 49.6 Å². The smallest absolute Gasteiger partial charge is 0.270 e. The van der Waals surface area contributed by atoms with Crippen molar-refractivity contribution < 1.29 is 9.53 Å². The van der Waals surface area contributed by atoms with E-state index in [0.29, 0.717) is 24.1 Å². The lowest BCUT2D eigenvalue weighted by atomic mass is 10.2. The molecule has 1 fully saturated rings. The van der Waals surface area contributed by atoms with Gasteiger partial charge in [0.25, 0.3) is 5.91 Å². The van der Waals surface area contributed by atoms with E-state index in [1.165, 1.54) is 0 Å². The average Bonchev–Trinajstić information content (AvgIpc) is 2.72. The van der Waals surface area contributed by atoms with Crippen LogP contribution in [-0.2, 0) is 0 Å². The second-order valence-corrected chi connectivity index (χ2v) is 6.99. The highest BCUT2D eigenvalue weighted by molar-refractivity contribution is 5.92. The van der Waals surface area contributed by atoms with Gasteiger partial charge in [0.2, 0.25) is 5.95 Å². The van der Waals surface area contributed by atoms with E-state index >= 15 is 0 Å². The number of benzene rings is 1. The van der Waals surface area contributed by atoms with Gasteiger partial charge in [-0.1, -0.05) is 26.0 Å². The van der Waals surface area contributed by atoms with Gasteiger partial charge < -0.3 is 19.9 Å². The third-order valence-corrected chi connectivity index (χ3v) is 4.53. The molecule has 144 valence electrons. The number of nitrogens with one attached hydrogen (secondary N) is 1. The Morgan fingerprint density at radius 2 is 1.85 bits per heavy atom. The highest BCUT2D eigenvalue weighted by atomic mass is 16.5. The Morgan fingerprint density at radius 3 is 2.56 bits per heavy atom. The van der Waals surface area contributed by atoms with E-state index in [-0.39, 0.29) is 5.91 Å². The number of methoxy groups -OCH3 is 1. The van der Waals surface area contributed by atoms with Gasteiger partial charge in [-0.15, -0.1) is 0 Å². The first-order valence-corrected chi connectivity index (χ1v) is 9.32. The molecule has 1 aromatic heterocycles. The van der Waals surface area contributed by atoms with Crippen LogP contribution >= 0.6 is 0 Å². The standard InChI is InChI=1S/C20H27N5O2/c1-15(2)14-22-19(26)16-8-9-21-20(23-16)25-12-10-24(11-13-25)17-6-4-5-7-18(17)27-3/h4-9,15H,10-14H2,1-3H3,(H,22,26). The maximum atomic E-state index is 12.2. The van der Waals surface area contributed by atoms with Crippen LogP contribution in [0.25, 0.3) is 0 Å². The number of hydrogen-bond acceptors (Lipinski definition) is 6. The van der Waals surface area contributed by atoms with Crippen molar-refractivity contribution in [3.8, 4) is 5.75 Å². The topological polar surface area (TPSA) is 70.6 Å². The summed E-state index contributed by atoms with van der Waals surface area (Å²) in [5.74, 6) is 1.73. The average molecular weight is 369 g/mol. The number of para-hydroxylation sites is 2. The fraction of sp³-hybridized carbons (Fsp3) is 0.450. The lowest BCUT2D eigenvalue weighted by molar-refractivity contribution is 0.0944. The van der Waals surface area contributed by atoms with Gasteiger partial charge >= 0.3 is 0 Å². The van der Waals surface area contributed by atoms with Crippen molar-refractivity contribution in [3.63, 3.8) is 0 Å². The van der Waals surface area contributed by atoms with E-state index in [1.807, 2.05) is 18.2 Å². The zero-order chi connectivity index (χ0) is 19.2. The van der Waals surface area contributed by atoms with Crippen molar-refractivity contribution in [2.24, 2.45) is 5.92 Å². The van der Waals surface area contributed by atoms with Crippen LogP contribution in [0.5, 0.6) is 5.75 Å². The molecule has 0 aliphatic carbocycles. The van der Waals surface area contributed by atoms with Crippen LogP contribution in [0.3, 0.4) is 0 Å². The molecule has 27 heavy (non-hydrogen) atoms. The molecular formula is C20H27N5O2. The summed E-state index contributed by atoms with van der Waals surface area (Å²) in [5.41, 5.74) is 1.51. The summed E-state index contributed by atoms with van der Waals surface area (Å²) in [7, 11) is 1.69. The summed E-state index contributed by atoms with van der Waals surface area (Å²) >= 11 is 0. The molecule has 3 rings (SSSR count). The zero-order valence-electron chi connectivity index (χ0n) is 16.2. The monoisotopic (exact) mass is 369 g/mol. The Labute approximate surface area is 160 Å². The fourth-order valence-electron chi connectivity index (χ4n) is 3.05. The van der Waals surface area contributed by atoms with Gasteiger partial charge in [0, 0.05) is 38.9 Å². The minimum atomic E-state index is -0.153. The molecule has 2 aromatic rings. The number of ether oxygens (including phenoxy) is 1. The molecule has 1 N–H and O–H groups in total. The van der Waals surface area contributed by atoms with Crippen LogP contribution in [0.1, 0.15) is 24.3 Å². The fourth-order valence-corrected chi connectivity index (χ4v) is 3.05. The van der Waals surface area contributed by atoms with Gasteiger partial charge in [-0.3, -0.25) is 4.79 Å². The molecule has 0 unspecified atom stereocenters. The summed E-state index contributed by atoms with van der Waals surface area (Å²) in [6.45, 7) is 8.01. The van der Waals surface area contributed by atoms with Crippen LogP contribution in [0.15, 0.2) is 36.5 Å². The summed E-state index contributed by atoms with van der Waals surface area (Å²) in [4.78, 5) is 25.5. The normalized spacial score (nSPS) is 14.4. The number of carbonyl (C=O) groups excluding carboxylic acids is 1. The van der Waals surface area contributed by atoms with Gasteiger partial charge in [-0.2, -0.15) is 0 Å². The second-order valence-electron chi connectivity index (χ2n) is 6.99. The Kier molecular flexibility index (Phi) is 6.11. The number of piperazine rings is 1. The molecule has 1 aromatic carbocycles. The molecule has 0 saturated carbocycles. The third kappa shape index (κ3) is 4.67. The molecule has 1 amide bonds. The van der Waals surface area contributed by atoms with E-state index in [2.05, 4.69) is 45.0 Å². The second kappa shape index (κ2) is 8.70. The Bertz CT molecular complexity index is 772. The van der Waals surface area contributed by atoms with Crippen LogP contribution in [0.2, 0.25) is 0 Å². The summed E-state index contributed by atoms with van der Waals surface area (Å²) in [6, 6.07) is 9.70. The van der Waals surface area contributed by atoms with Crippen molar-refractivity contribution in [3.05, 3.63) is 42.2 Å². The van der Waals surface area contributed by atoms with Gasteiger partial charge in [-0.05, 0) is 24.1 Å². The molecular weight excluding hydrogens is 342 g/mol. The third-order valence-electron chi connectivity index (χ3n) is 4.53. The van der Waals surface area contributed by atoms with Crippen LogP contribution < -0.4 is 19.9 Å². The summed E-state index contributed by atoms with van der Waals surface area (Å²) in [5, 5.41) is 2.90. The van der Waals surface area contributed by atoms with E-state index in [9.17, 15) is 4.79 Å². The van der Waals surface area contributed by atoms with E-state index in [1.54, 1.807) is 19.4 Å². The molecule has 1 saturated heterocycles. The largest absolute Gasteiger partial charge is 0.495 e. The molecule has 0 radical (unpaired) electrons. The molecule has 0 atom stereocenters. The first-order valence-electron chi connectivity index (χ1n) is 9.32. The number of nitrogens with zero attached hydrogens (tertiary/aromatic N) is 4. The van der Waals surface area contributed by atoms with E-state index in [4.69, 9.17) is 4.74 Å². The first kappa shape index (κ1) is 18.9. The van der Waals surface area contributed by atoms with Gasteiger partial charge in [-0.25, -0.2) is 9.97 Å². The van der Waals surface area contributed by atoms with Crippen LogP contribution in [0, 0.1) is 5.92 Å². The SMILES string of the molecule is COc1ccccc1N1CCN(c2nccc(C(=O)NCC(C)C)n2)CC1. The predicted octanol–water partition coefficient (Wildman–Crippen LogP) is 2.20. The van der Waals surface area contributed by atoms with Gasteiger partial charge in [0.1, 0.15) is 11.4 Å². The summed E-state index contributed by atoms with van der Waals surface area (Å²) in [6.07, 6.45) is 1.65. The minimum absolute atomic E-state index is 0.153. The number of amides is 1. The maximum absolute atomic E-state index is 12.2. The number of aromatic nitrogens is 2. The molecule has 1 aliphatic heterocycles. The molecule has 7 nitrogen and oxygen atoms in total. The van der Waals surface area contributed by atoms with E-state index < -0.39 is 0 Å². The number of carbonyl (C=O) groups is 1. The molecule has 2 heterocycles. The lowest BCUT2D eigenvalue weighted by Crippen LogP contribution is -2.47. The first-order chi connectivity index (χ1) is 13.1. The Balaban J connectivity index is 1.64. The minimum Gasteiger partial charge on any atom is -0.495 e. The quantitative estimate of drug-likeness (QED) is 0.842. The van der Waals surface area contributed by atoms with E-state index in [0.717, 1.165) is 37.6 Å². The maximum Gasteiger partial charge on any atom is 0.270 e. The van der Waals surface area contributed by atoms with Crippen LogP contribution in [-0.4, -0.2) is 55.7 Å². The predicted molar refractivity (Wildman–Crippen MR) is 107 cm³/mol. The Hall–Kier alpha value is -2.83. The summed E-state index contributed by atoms with van der Waals surface area (Å²) < 4.78 is 5.47. The molecule has 0 bridgehead atoms. The number of hydrogen-bond donors (Lipinski definition) is 1. The molecule has 7 heteroatoms. The number of anilines is 2. The number of rotatable bonds is 6. The van der Waals surface area contributed by atoms with Crippen molar-refractivity contribution in [2.45, 2.75) is 13.8 Å². The Morgan fingerprint density at radius 1 is 1.15 bits per heavy atom. The highest BCUT2D eigenvalue weighted by Gasteiger charge is 2.22. The van der Waals surface area contributed by atoms with Gasteiger partial charge in [0.05, 0.1) is 12.8 Å². The van der Waals surface area contributed by atoms with Crippen LogP contribution in [0.4, 0.5) is 11.6 Å². The zero-order valence-corrected chi connectivity index (χ0v) is 16.2. The molecule has 1 aliphatic rings. The van der Waals surface area contributed by atoms with Gasteiger partial charge in [0.15, 0.2) is 0 Å². The van der Waals surface area contributed by atoms with Crippen molar-refractivity contribution in [1.82, 2.24) is 15.3 Å². The molecule has 0 spiro atoms. The van der Waals surface area contributed by atoms with Crippen molar-refractivity contribution >= 4 is 17.5 Å². The highest BCUT2D eigenvalue weighted by Crippen LogP contribution is 2.28. The lowest BCUT2D eigenvalue weighted by Gasteiger charge is -2.36. The van der Waals surface area contributed by atoms with Crippen molar-refractivity contribution in [1.29, 1.82) is 0 Å².